The number of rotatable bonds is 1. The molecule has 0 saturated carbocycles. The first-order chi connectivity index (χ1) is 4.89. The number of alkyl halides is 3. The summed E-state index contributed by atoms with van der Waals surface area (Å²) >= 11 is 0. The average molecular weight is 168 g/mol. The van der Waals surface area contributed by atoms with Crippen LogP contribution in [0.4, 0.5) is 13.2 Å². The molecule has 0 radical (unpaired) electrons. The number of hydrogen-bond donors (Lipinski definition) is 0. The Morgan fingerprint density at radius 1 is 1.36 bits per heavy atom. The molecule has 0 unspecified atom stereocenters. The van der Waals surface area contributed by atoms with Gasteiger partial charge in [0.05, 0.1) is 0 Å². The maximum atomic E-state index is 12.0. The Labute approximate surface area is 63.7 Å². The first-order valence-electron chi connectivity index (χ1n) is 3.18. The lowest BCUT2D eigenvalue weighted by molar-refractivity contribution is -0.0670. The Kier molecular flexibility index (Phi) is 3.35. The summed E-state index contributed by atoms with van der Waals surface area (Å²) in [5.74, 6) is -0.833. The minimum Gasteiger partial charge on any atom is -0.359 e. The Morgan fingerprint density at radius 3 is 1.91 bits per heavy atom. The van der Waals surface area contributed by atoms with E-state index >= 15 is 0 Å². The number of halogens is 3. The van der Waals surface area contributed by atoms with Crippen LogP contribution in [0.5, 0.6) is 0 Å². The van der Waals surface area contributed by atoms with Gasteiger partial charge in [0.25, 0.3) is 0 Å². The van der Waals surface area contributed by atoms with Crippen molar-refractivity contribution >= 4 is 5.84 Å². The molecule has 0 aliphatic carbocycles. The van der Waals surface area contributed by atoms with Gasteiger partial charge in [0.2, 0.25) is 5.84 Å². The first-order valence-corrected chi connectivity index (χ1v) is 3.18. The molecule has 2 nitrogen and oxygen atoms in total. The fourth-order valence-electron chi connectivity index (χ4n) is 0.634. The summed E-state index contributed by atoms with van der Waals surface area (Å²) in [7, 11) is 2.64. The number of hydrogen-bond acceptors (Lipinski definition) is 1. The maximum absolute atomic E-state index is 12.0. The average Bonchev–Trinajstić information content (AvgIpc) is 1.79. The maximum Gasteiger partial charge on any atom is 0.449 e. The van der Waals surface area contributed by atoms with E-state index in [4.69, 9.17) is 0 Å². The van der Waals surface area contributed by atoms with Crippen LogP contribution < -0.4 is 0 Å². The van der Waals surface area contributed by atoms with Gasteiger partial charge < -0.3 is 4.90 Å². The molecule has 0 bridgehead atoms. The Balaban J connectivity index is 4.49. The molecule has 0 fully saturated rings. The predicted octanol–water partition coefficient (Wildman–Crippen LogP) is 1.53. The number of nitrogens with zero attached hydrogens (tertiary/aromatic N) is 2. The molecule has 0 rings (SSSR count). The fraction of sp³-hybridized carbons (Fsp3) is 0.833. The minimum absolute atomic E-state index is 0.146. The van der Waals surface area contributed by atoms with Gasteiger partial charge >= 0.3 is 6.18 Å². The number of amidine groups is 1. The molecule has 5 heteroatoms. The van der Waals surface area contributed by atoms with Crippen molar-refractivity contribution in [3.05, 3.63) is 0 Å². The molecule has 66 valence electrons. The topological polar surface area (TPSA) is 15.6 Å². The molecule has 0 aromatic rings. The van der Waals surface area contributed by atoms with Crippen LogP contribution in [-0.4, -0.2) is 37.6 Å². The summed E-state index contributed by atoms with van der Waals surface area (Å²) in [5, 5.41) is 0. The lowest BCUT2D eigenvalue weighted by Crippen LogP contribution is -2.36. The summed E-state index contributed by atoms with van der Waals surface area (Å²) in [6, 6.07) is 0. The second-order valence-corrected chi connectivity index (χ2v) is 2.19. The normalized spacial score (nSPS) is 13.5. The molecule has 0 atom stereocenters. The van der Waals surface area contributed by atoms with Crippen molar-refractivity contribution in [2.24, 2.45) is 4.99 Å². The quantitative estimate of drug-likeness (QED) is 0.428. The van der Waals surface area contributed by atoms with Crippen molar-refractivity contribution < 1.29 is 13.2 Å². The Hall–Kier alpha value is -0.740. The molecular weight excluding hydrogens is 157 g/mol. The SMILES string of the molecule is CC/N=C(\N(C)C)C(F)(F)F. The van der Waals surface area contributed by atoms with E-state index in [9.17, 15) is 13.2 Å². The van der Waals surface area contributed by atoms with Gasteiger partial charge in [-0.25, -0.2) is 0 Å². The molecule has 0 spiro atoms. The van der Waals surface area contributed by atoms with E-state index in [1.54, 1.807) is 6.92 Å². The second kappa shape index (κ2) is 3.59. The van der Waals surface area contributed by atoms with E-state index in [-0.39, 0.29) is 6.54 Å². The molecule has 0 saturated heterocycles. The van der Waals surface area contributed by atoms with E-state index in [0.29, 0.717) is 0 Å². The van der Waals surface area contributed by atoms with Gasteiger partial charge in [0, 0.05) is 20.6 Å². The summed E-state index contributed by atoms with van der Waals surface area (Å²) in [4.78, 5) is 4.27. The predicted molar refractivity (Wildman–Crippen MR) is 37.7 cm³/mol. The largest absolute Gasteiger partial charge is 0.449 e. The van der Waals surface area contributed by atoms with Crippen LogP contribution in [0.3, 0.4) is 0 Å². The van der Waals surface area contributed by atoms with E-state index in [0.717, 1.165) is 4.90 Å². The lowest BCUT2D eigenvalue weighted by Gasteiger charge is -2.17. The van der Waals surface area contributed by atoms with E-state index in [1.165, 1.54) is 14.1 Å². The van der Waals surface area contributed by atoms with Crippen molar-refractivity contribution in [3.8, 4) is 0 Å². The molecule has 0 heterocycles. The van der Waals surface area contributed by atoms with Crippen molar-refractivity contribution in [2.45, 2.75) is 13.1 Å². The van der Waals surface area contributed by atoms with Gasteiger partial charge in [-0.05, 0) is 6.92 Å². The molecule has 0 aromatic carbocycles. The lowest BCUT2D eigenvalue weighted by atomic mass is 10.5. The summed E-state index contributed by atoms with van der Waals surface area (Å²) in [6.45, 7) is 1.71. The Morgan fingerprint density at radius 2 is 1.82 bits per heavy atom. The number of aliphatic imine (C=N–C) groups is 1. The molecule has 0 amide bonds. The highest BCUT2D eigenvalue weighted by atomic mass is 19.4. The fourth-order valence-corrected chi connectivity index (χ4v) is 0.634. The van der Waals surface area contributed by atoms with Crippen LogP contribution in [0.15, 0.2) is 4.99 Å². The zero-order chi connectivity index (χ0) is 9.07. The molecule has 0 aliphatic heterocycles. The summed E-state index contributed by atoms with van der Waals surface area (Å²) < 4.78 is 36.0. The molecular formula is C6H11F3N2. The highest BCUT2D eigenvalue weighted by molar-refractivity contribution is 5.87. The van der Waals surface area contributed by atoms with Gasteiger partial charge in [0.15, 0.2) is 0 Å². The monoisotopic (exact) mass is 168 g/mol. The molecule has 11 heavy (non-hydrogen) atoms. The minimum atomic E-state index is -4.33. The third-order valence-corrected chi connectivity index (χ3v) is 0.985. The Bertz CT molecular complexity index is 148. The van der Waals surface area contributed by atoms with Gasteiger partial charge in [-0.3, -0.25) is 4.99 Å². The van der Waals surface area contributed by atoms with Crippen molar-refractivity contribution in [3.63, 3.8) is 0 Å². The van der Waals surface area contributed by atoms with Crippen LogP contribution in [-0.2, 0) is 0 Å². The van der Waals surface area contributed by atoms with E-state index in [2.05, 4.69) is 4.99 Å². The van der Waals surface area contributed by atoms with Crippen LogP contribution in [0, 0.1) is 0 Å². The zero-order valence-corrected chi connectivity index (χ0v) is 6.74. The van der Waals surface area contributed by atoms with E-state index < -0.39 is 12.0 Å². The molecule has 0 aliphatic rings. The third kappa shape index (κ3) is 3.25. The third-order valence-electron chi connectivity index (χ3n) is 0.985. The van der Waals surface area contributed by atoms with Crippen LogP contribution in [0.1, 0.15) is 6.92 Å². The highest BCUT2D eigenvalue weighted by Gasteiger charge is 2.36. The smallest absolute Gasteiger partial charge is 0.359 e. The summed E-state index contributed by atoms with van der Waals surface area (Å²) in [5.41, 5.74) is 0. The molecule has 0 aromatic heterocycles. The van der Waals surface area contributed by atoms with Crippen LogP contribution >= 0.6 is 0 Å². The van der Waals surface area contributed by atoms with Gasteiger partial charge in [-0.1, -0.05) is 0 Å². The zero-order valence-electron chi connectivity index (χ0n) is 6.74. The summed E-state index contributed by atoms with van der Waals surface area (Å²) in [6.07, 6.45) is -4.33. The van der Waals surface area contributed by atoms with E-state index in [1.807, 2.05) is 0 Å². The van der Waals surface area contributed by atoms with Crippen LogP contribution in [0.2, 0.25) is 0 Å². The van der Waals surface area contributed by atoms with Crippen LogP contribution in [0.25, 0.3) is 0 Å². The second-order valence-electron chi connectivity index (χ2n) is 2.19. The van der Waals surface area contributed by atoms with Crippen molar-refractivity contribution in [1.82, 2.24) is 4.90 Å². The molecule has 0 N–H and O–H groups in total. The first kappa shape index (κ1) is 10.3. The van der Waals surface area contributed by atoms with Crippen molar-refractivity contribution in [1.29, 1.82) is 0 Å². The van der Waals surface area contributed by atoms with Crippen molar-refractivity contribution in [2.75, 3.05) is 20.6 Å². The standard InChI is InChI=1S/C6H11F3N2/c1-4-10-5(11(2)3)6(7,8)9/h4H2,1-3H3/b10-5-. The van der Waals surface area contributed by atoms with Gasteiger partial charge in [-0.15, -0.1) is 0 Å². The highest BCUT2D eigenvalue weighted by Crippen LogP contribution is 2.18. The van der Waals surface area contributed by atoms with Gasteiger partial charge in [0.1, 0.15) is 0 Å². The van der Waals surface area contributed by atoms with Gasteiger partial charge in [-0.2, -0.15) is 13.2 Å².